The first-order chi connectivity index (χ1) is 9.01. The molecule has 0 heterocycles. The van der Waals surface area contributed by atoms with Crippen molar-refractivity contribution in [1.82, 2.24) is 0 Å². The lowest BCUT2D eigenvalue weighted by Crippen LogP contribution is -2.35. The van der Waals surface area contributed by atoms with E-state index in [2.05, 4.69) is 24.8 Å². The molecule has 0 aliphatic heterocycles. The van der Waals surface area contributed by atoms with Crippen LogP contribution >= 0.6 is 11.6 Å². The van der Waals surface area contributed by atoms with Gasteiger partial charge in [-0.05, 0) is 38.0 Å². The fourth-order valence-corrected chi connectivity index (χ4v) is 2.33. The van der Waals surface area contributed by atoms with Crippen molar-refractivity contribution in [1.29, 1.82) is 0 Å². The minimum Gasteiger partial charge on any atom is -0.383 e. The monoisotopic (exact) mass is 284 g/mol. The Morgan fingerprint density at radius 2 is 2.05 bits per heavy atom. The fraction of sp³-hybridized carbons (Fsp3) is 0.600. The van der Waals surface area contributed by atoms with Gasteiger partial charge in [-0.1, -0.05) is 24.6 Å². The molecular weight excluding hydrogens is 260 g/mol. The standard InChI is InChI=1S/C15H25ClN2O/c1-5-11(2)18(8-9-19-4)15-7-6-13(12(3)17)10-14(15)16/h6-7,10-12H,5,8-9,17H2,1-4H3. The average Bonchev–Trinajstić information content (AvgIpc) is 2.39. The Labute approximate surface area is 121 Å². The van der Waals surface area contributed by atoms with Gasteiger partial charge in [0, 0.05) is 25.7 Å². The molecule has 0 amide bonds. The van der Waals surface area contributed by atoms with Crippen LogP contribution in [0.4, 0.5) is 5.69 Å². The van der Waals surface area contributed by atoms with Crippen molar-refractivity contribution < 1.29 is 4.74 Å². The van der Waals surface area contributed by atoms with Crippen LogP contribution in [0.5, 0.6) is 0 Å². The number of nitrogens with two attached hydrogens (primary N) is 1. The Hall–Kier alpha value is -0.770. The van der Waals surface area contributed by atoms with E-state index in [1.54, 1.807) is 7.11 Å². The van der Waals surface area contributed by atoms with Gasteiger partial charge in [-0.15, -0.1) is 0 Å². The largest absolute Gasteiger partial charge is 0.383 e. The summed E-state index contributed by atoms with van der Waals surface area (Å²) in [7, 11) is 1.72. The van der Waals surface area contributed by atoms with Crippen molar-refractivity contribution in [2.24, 2.45) is 5.73 Å². The van der Waals surface area contributed by atoms with Crippen LogP contribution < -0.4 is 10.6 Å². The summed E-state index contributed by atoms with van der Waals surface area (Å²) >= 11 is 6.41. The quantitative estimate of drug-likeness (QED) is 0.831. The zero-order valence-electron chi connectivity index (χ0n) is 12.3. The number of ether oxygens (including phenoxy) is 1. The highest BCUT2D eigenvalue weighted by atomic mass is 35.5. The van der Waals surface area contributed by atoms with Crippen LogP contribution in [0.15, 0.2) is 18.2 Å². The van der Waals surface area contributed by atoms with Crippen LogP contribution in [0.1, 0.15) is 38.8 Å². The molecule has 0 aliphatic rings. The van der Waals surface area contributed by atoms with Crippen LogP contribution in [0.2, 0.25) is 5.02 Å². The van der Waals surface area contributed by atoms with Gasteiger partial charge >= 0.3 is 0 Å². The van der Waals surface area contributed by atoms with Crippen LogP contribution in [0, 0.1) is 0 Å². The third-order valence-electron chi connectivity index (χ3n) is 3.47. The molecule has 0 saturated heterocycles. The van der Waals surface area contributed by atoms with Gasteiger partial charge in [-0.3, -0.25) is 0 Å². The zero-order valence-corrected chi connectivity index (χ0v) is 13.1. The van der Waals surface area contributed by atoms with E-state index in [0.29, 0.717) is 12.6 Å². The van der Waals surface area contributed by atoms with Gasteiger partial charge in [0.15, 0.2) is 0 Å². The smallest absolute Gasteiger partial charge is 0.0643 e. The molecular formula is C15H25ClN2O. The molecule has 0 aromatic heterocycles. The number of anilines is 1. The maximum Gasteiger partial charge on any atom is 0.0643 e. The van der Waals surface area contributed by atoms with Crippen molar-refractivity contribution in [3.8, 4) is 0 Å². The van der Waals surface area contributed by atoms with Crippen LogP contribution in [-0.4, -0.2) is 26.3 Å². The first-order valence-corrected chi connectivity index (χ1v) is 7.19. The molecule has 1 aromatic carbocycles. The second kappa shape index (κ2) is 7.73. The first kappa shape index (κ1) is 16.3. The lowest BCUT2D eigenvalue weighted by atomic mass is 10.1. The number of hydrogen-bond donors (Lipinski definition) is 1. The normalized spacial score (nSPS) is 14.2. The molecule has 4 heteroatoms. The molecule has 0 bridgehead atoms. The Kier molecular flexibility index (Phi) is 6.63. The minimum absolute atomic E-state index is 0.00238. The van der Waals surface area contributed by atoms with Gasteiger partial charge in [0.05, 0.1) is 17.3 Å². The van der Waals surface area contributed by atoms with Crippen molar-refractivity contribution in [3.05, 3.63) is 28.8 Å². The molecule has 3 nitrogen and oxygen atoms in total. The molecule has 0 aliphatic carbocycles. The number of benzene rings is 1. The second-order valence-corrected chi connectivity index (χ2v) is 5.35. The molecule has 1 rings (SSSR count). The van der Waals surface area contributed by atoms with E-state index in [9.17, 15) is 0 Å². The third-order valence-corrected chi connectivity index (χ3v) is 3.77. The maximum absolute atomic E-state index is 6.41. The van der Waals surface area contributed by atoms with Crippen molar-refractivity contribution in [2.45, 2.75) is 39.3 Å². The van der Waals surface area contributed by atoms with Gasteiger partial charge in [0.2, 0.25) is 0 Å². The molecule has 19 heavy (non-hydrogen) atoms. The molecule has 0 saturated carbocycles. The van der Waals surface area contributed by atoms with Crippen LogP contribution in [0.25, 0.3) is 0 Å². The Balaban J connectivity index is 3.01. The highest BCUT2D eigenvalue weighted by Gasteiger charge is 2.16. The number of halogens is 1. The van der Waals surface area contributed by atoms with E-state index in [-0.39, 0.29) is 6.04 Å². The number of methoxy groups -OCH3 is 1. The Bertz CT molecular complexity index is 396. The summed E-state index contributed by atoms with van der Waals surface area (Å²) in [4.78, 5) is 2.29. The van der Waals surface area contributed by atoms with Gasteiger partial charge in [-0.2, -0.15) is 0 Å². The fourth-order valence-electron chi connectivity index (χ4n) is 2.03. The lowest BCUT2D eigenvalue weighted by Gasteiger charge is -2.31. The summed E-state index contributed by atoms with van der Waals surface area (Å²) < 4.78 is 5.19. The summed E-state index contributed by atoms with van der Waals surface area (Å²) in [6.07, 6.45) is 1.06. The molecule has 0 fully saturated rings. The number of rotatable bonds is 7. The van der Waals surface area contributed by atoms with E-state index in [1.807, 2.05) is 19.1 Å². The molecule has 0 radical (unpaired) electrons. The molecule has 108 valence electrons. The molecule has 2 N–H and O–H groups in total. The highest BCUT2D eigenvalue weighted by Crippen LogP contribution is 2.30. The Morgan fingerprint density at radius 1 is 1.37 bits per heavy atom. The highest BCUT2D eigenvalue weighted by molar-refractivity contribution is 6.33. The van der Waals surface area contributed by atoms with E-state index in [4.69, 9.17) is 22.1 Å². The van der Waals surface area contributed by atoms with E-state index in [0.717, 1.165) is 29.2 Å². The Morgan fingerprint density at radius 3 is 2.53 bits per heavy atom. The number of nitrogens with zero attached hydrogens (tertiary/aromatic N) is 1. The third kappa shape index (κ3) is 4.37. The van der Waals surface area contributed by atoms with E-state index in [1.165, 1.54) is 0 Å². The molecule has 1 aromatic rings. The second-order valence-electron chi connectivity index (χ2n) is 4.94. The molecule has 0 spiro atoms. The van der Waals surface area contributed by atoms with Crippen molar-refractivity contribution in [2.75, 3.05) is 25.2 Å². The van der Waals surface area contributed by atoms with E-state index < -0.39 is 0 Å². The summed E-state index contributed by atoms with van der Waals surface area (Å²) in [5, 5.41) is 0.756. The topological polar surface area (TPSA) is 38.5 Å². The SMILES string of the molecule is CCC(C)N(CCOC)c1ccc(C(C)N)cc1Cl. The van der Waals surface area contributed by atoms with Crippen LogP contribution in [0.3, 0.4) is 0 Å². The predicted octanol–water partition coefficient (Wildman–Crippen LogP) is 3.61. The lowest BCUT2D eigenvalue weighted by molar-refractivity contribution is 0.203. The summed E-state index contributed by atoms with van der Waals surface area (Å²) in [6, 6.07) is 6.50. The zero-order chi connectivity index (χ0) is 14.4. The minimum atomic E-state index is 0.00238. The van der Waals surface area contributed by atoms with Gasteiger partial charge in [-0.25, -0.2) is 0 Å². The summed E-state index contributed by atoms with van der Waals surface area (Å²) in [5.74, 6) is 0. The van der Waals surface area contributed by atoms with Gasteiger partial charge in [0.25, 0.3) is 0 Å². The van der Waals surface area contributed by atoms with Crippen LogP contribution in [-0.2, 0) is 4.74 Å². The van der Waals surface area contributed by atoms with E-state index >= 15 is 0 Å². The van der Waals surface area contributed by atoms with Gasteiger partial charge in [0.1, 0.15) is 0 Å². The first-order valence-electron chi connectivity index (χ1n) is 6.81. The average molecular weight is 285 g/mol. The summed E-state index contributed by atoms with van der Waals surface area (Å²) in [6.45, 7) is 7.86. The molecule has 2 atom stereocenters. The van der Waals surface area contributed by atoms with Crippen molar-refractivity contribution in [3.63, 3.8) is 0 Å². The van der Waals surface area contributed by atoms with Gasteiger partial charge < -0.3 is 15.4 Å². The summed E-state index contributed by atoms with van der Waals surface area (Å²) in [5.41, 5.74) is 8.00. The maximum atomic E-state index is 6.41. The number of hydrogen-bond acceptors (Lipinski definition) is 3. The predicted molar refractivity (Wildman–Crippen MR) is 83.0 cm³/mol. The molecule has 2 unspecified atom stereocenters. The van der Waals surface area contributed by atoms with Crippen molar-refractivity contribution >= 4 is 17.3 Å².